The smallest absolute Gasteiger partial charge is 0.317 e. The average Bonchev–Trinajstić information content (AvgIpc) is 3.15. The van der Waals surface area contributed by atoms with Crippen molar-refractivity contribution in [2.24, 2.45) is 0 Å². The molecule has 0 saturated carbocycles. The number of hydrogen-bond donors (Lipinski definition) is 1. The Morgan fingerprint density at radius 3 is 3.15 bits per heavy atom. The van der Waals surface area contributed by atoms with Crippen LogP contribution < -0.4 is 10.1 Å². The lowest BCUT2D eigenvalue weighted by Gasteiger charge is -2.27. The summed E-state index contributed by atoms with van der Waals surface area (Å²) in [5.74, 6) is 0.787. The van der Waals surface area contributed by atoms with Crippen LogP contribution >= 0.6 is 11.3 Å². The lowest BCUT2D eigenvalue weighted by Crippen LogP contribution is -2.42. The molecule has 1 aliphatic rings. The SMILES string of the molecule is O=C(NCCCOc1cccc2cccnc12)N1CCc2sccc2C1. The van der Waals surface area contributed by atoms with Gasteiger partial charge in [-0.15, -0.1) is 11.3 Å². The van der Waals surface area contributed by atoms with E-state index in [1.807, 2.05) is 35.2 Å². The van der Waals surface area contributed by atoms with Crippen LogP contribution in [0.15, 0.2) is 48.0 Å². The van der Waals surface area contributed by atoms with E-state index in [9.17, 15) is 4.79 Å². The molecule has 0 unspecified atom stereocenters. The van der Waals surface area contributed by atoms with Gasteiger partial charge in [0.1, 0.15) is 11.3 Å². The van der Waals surface area contributed by atoms with Gasteiger partial charge in [-0.3, -0.25) is 4.98 Å². The van der Waals surface area contributed by atoms with Gasteiger partial charge < -0.3 is 15.0 Å². The van der Waals surface area contributed by atoms with Gasteiger partial charge in [0.05, 0.1) is 6.61 Å². The fourth-order valence-corrected chi connectivity index (χ4v) is 4.07. The Hall–Kier alpha value is -2.60. The van der Waals surface area contributed by atoms with Crippen LogP contribution in [-0.2, 0) is 13.0 Å². The molecule has 0 radical (unpaired) electrons. The molecule has 5 nitrogen and oxygen atoms in total. The Labute approximate surface area is 156 Å². The van der Waals surface area contributed by atoms with Crippen LogP contribution in [-0.4, -0.2) is 35.6 Å². The average molecular weight is 367 g/mol. The number of aromatic nitrogens is 1. The standard InChI is InChI=1S/C20H21N3O2S/c24-20(23-11-7-18-16(14-23)8-13-26-18)22-10-3-12-25-17-6-1-4-15-5-2-9-21-19(15)17/h1-2,4-6,8-9,13H,3,7,10-12,14H2,(H,22,24). The molecule has 134 valence electrons. The number of nitrogens with zero attached hydrogens (tertiary/aromatic N) is 2. The molecule has 0 fully saturated rings. The summed E-state index contributed by atoms with van der Waals surface area (Å²) in [5, 5.41) is 6.16. The third kappa shape index (κ3) is 3.65. The molecule has 1 aromatic carbocycles. The highest BCUT2D eigenvalue weighted by atomic mass is 32.1. The Morgan fingerprint density at radius 1 is 1.27 bits per heavy atom. The molecule has 0 bridgehead atoms. The van der Waals surface area contributed by atoms with Crippen LogP contribution in [0.2, 0.25) is 0 Å². The predicted octanol–water partition coefficient (Wildman–Crippen LogP) is 3.83. The molecular formula is C20H21N3O2S. The summed E-state index contributed by atoms with van der Waals surface area (Å²) in [5.41, 5.74) is 2.15. The van der Waals surface area contributed by atoms with E-state index in [4.69, 9.17) is 4.74 Å². The Balaban J connectivity index is 1.22. The third-order valence-corrected chi connectivity index (χ3v) is 5.57. The first-order chi connectivity index (χ1) is 12.8. The normalized spacial score (nSPS) is 13.5. The van der Waals surface area contributed by atoms with Crippen molar-refractivity contribution in [1.82, 2.24) is 15.2 Å². The summed E-state index contributed by atoms with van der Waals surface area (Å²) in [6, 6.07) is 12.0. The molecule has 2 amide bonds. The number of thiophene rings is 1. The van der Waals surface area contributed by atoms with Gasteiger partial charge in [0.25, 0.3) is 0 Å². The molecule has 3 aromatic rings. The summed E-state index contributed by atoms with van der Waals surface area (Å²) in [4.78, 5) is 20.0. The Kier molecular flexibility index (Phi) is 5.02. The molecule has 0 aliphatic carbocycles. The summed E-state index contributed by atoms with van der Waals surface area (Å²) < 4.78 is 5.86. The zero-order valence-electron chi connectivity index (χ0n) is 14.5. The van der Waals surface area contributed by atoms with Gasteiger partial charge in [-0.2, -0.15) is 0 Å². The molecule has 2 aromatic heterocycles. The highest BCUT2D eigenvalue weighted by molar-refractivity contribution is 7.10. The van der Waals surface area contributed by atoms with Gasteiger partial charge in [0.15, 0.2) is 0 Å². The number of ether oxygens (including phenoxy) is 1. The first-order valence-electron chi connectivity index (χ1n) is 8.86. The van der Waals surface area contributed by atoms with Crippen LogP contribution in [0, 0.1) is 0 Å². The molecule has 4 rings (SSSR count). The minimum Gasteiger partial charge on any atom is -0.491 e. The molecule has 3 heterocycles. The van der Waals surface area contributed by atoms with Gasteiger partial charge >= 0.3 is 6.03 Å². The maximum Gasteiger partial charge on any atom is 0.317 e. The topological polar surface area (TPSA) is 54.5 Å². The van der Waals surface area contributed by atoms with Crippen molar-refractivity contribution in [2.45, 2.75) is 19.4 Å². The highest BCUT2D eigenvalue weighted by Gasteiger charge is 2.20. The largest absolute Gasteiger partial charge is 0.491 e. The Morgan fingerprint density at radius 2 is 2.19 bits per heavy atom. The molecule has 26 heavy (non-hydrogen) atoms. The maximum atomic E-state index is 12.3. The minimum atomic E-state index is 0.00803. The fourth-order valence-electron chi connectivity index (χ4n) is 3.18. The van der Waals surface area contributed by atoms with Crippen molar-refractivity contribution in [3.05, 3.63) is 58.4 Å². The molecule has 0 spiro atoms. The van der Waals surface area contributed by atoms with Crippen LogP contribution in [0.5, 0.6) is 5.75 Å². The molecule has 6 heteroatoms. The number of carbonyl (C=O) groups excluding carboxylic acids is 1. The molecular weight excluding hydrogens is 346 g/mol. The lowest BCUT2D eigenvalue weighted by molar-refractivity contribution is 0.192. The number of amides is 2. The zero-order chi connectivity index (χ0) is 17.8. The second kappa shape index (κ2) is 7.74. The van der Waals surface area contributed by atoms with Crippen LogP contribution in [0.1, 0.15) is 16.9 Å². The Bertz CT molecular complexity index is 903. The number of fused-ring (bicyclic) bond motifs is 2. The summed E-state index contributed by atoms with van der Waals surface area (Å²) >= 11 is 1.78. The number of hydrogen-bond acceptors (Lipinski definition) is 4. The number of pyridine rings is 1. The first-order valence-corrected chi connectivity index (χ1v) is 9.74. The van der Waals surface area contributed by atoms with Crippen LogP contribution in [0.25, 0.3) is 10.9 Å². The minimum absolute atomic E-state index is 0.00803. The second-order valence-corrected chi connectivity index (χ2v) is 7.31. The molecule has 0 atom stereocenters. The van der Waals surface area contributed by atoms with Gasteiger partial charge in [-0.1, -0.05) is 18.2 Å². The fraction of sp³-hybridized carbons (Fsp3) is 0.300. The number of para-hydroxylation sites is 1. The summed E-state index contributed by atoms with van der Waals surface area (Å²) in [6.07, 6.45) is 3.48. The van der Waals surface area contributed by atoms with Crippen molar-refractivity contribution >= 4 is 28.3 Å². The maximum absolute atomic E-state index is 12.3. The molecule has 1 N–H and O–H groups in total. The van der Waals surface area contributed by atoms with Gasteiger partial charge in [-0.25, -0.2) is 4.79 Å². The van der Waals surface area contributed by atoms with Crippen molar-refractivity contribution in [3.8, 4) is 5.75 Å². The number of nitrogens with one attached hydrogen (secondary N) is 1. The highest BCUT2D eigenvalue weighted by Crippen LogP contribution is 2.24. The van der Waals surface area contributed by atoms with Crippen molar-refractivity contribution in [1.29, 1.82) is 0 Å². The van der Waals surface area contributed by atoms with E-state index in [1.54, 1.807) is 17.5 Å². The lowest BCUT2D eigenvalue weighted by atomic mass is 10.1. The second-order valence-electron chi connectivity index (χ2n) is 6.31. The van der Waals surface area contributed by atoms with E-state index < -0.39 is 0 Å². The third-order valence-electron chi connectivity index (χ3n) is 4.55. The van der Waals surface area contributed by atoms with E-state index in [-0.39, 0.29) is 6.03 Å². The van der Waals surface area contributed by atoms with Crippen molar-refractivity contribution < 1.29 is 9.53 Å². The van der Waals surface area contributed by atoms with E-state index in [1.165, 1.54) is 10.4 Å². The zero-order valence-corrected chi connectivity index (χ0v) is 15.3. The van der Waals surface area contributed by atoms with Crippen LogP contribution in [0.4, 0.5) is 4.79 Å². The van der Waals surface area contributed by atoms with E-state index in [2.05, 4.69) is 21.7 Å². The quantitative estimate of drug-likeness (QED) is 0.697. The number of rotatable bonds is 5. The van der Waals surface area contributed by atoms with Gasteiger partial charge in [-0.05, 0) is 42.0 Å². The molecule has 1 aliphatic heterocycles. The first kappa shape index (κ1) is 16.8. The van der Waals surface area contributed by atoms with Gasteiger partial charge in [0.2, 0.25) is 0 Å². The summed E-state index contributed by atoms with van der Waals surface area (Å²) in [6.45, 7) is 2.65. The predicted molar refractivity (Wildman–Crippen MR) is 104 cm³/mol. The summed E-state index contributed by atoms with van der Waals surface area (Å²) in [7, 11) is 0. The van der Waals surface area contributed by atoms with E-state index in [0.717, 1.165) is 36.0 Å². The van der Waals surface area contributed by atoms with Crippen molar-refractivity contribution in [3.63, 3.8) is 0 Å². The number of urea groups is 1. The molecule has 0 saturated heterocycles. The van der Waals surface area contributed by atoms with E-state index in [0.29, 0.717) is 19.7 Å². The van der Waals surface area contributed by atoms with Crippen LogP contribution in [0.3, 0.4) is 0 Å². The number of benzene rings is 1. The number of carbonyl (C=O) groups is 1. The van der Waals surface area contributed by atoms with Crippen molar-refractivity contribution in [2.75, 3.05) is 19.7 Å². The monoisotopic (exact) mass is 367 g/mol. The van der Waals surface area contributed by atoms with E-state index >= 15 is 0 Å². The van der Waals surface area contributed by atoms with Gasteiger partial charge in [0, 0.05) is 36.1 Å².